The molecular weight excluding hydrogens is 448 g/mol. The summed E-state index contributed by atoms with van der Waals surface area (Å²) in [6.07, 6.45) is 1.63. The van der Waals surface area contributed by atoms with E-state index in [9.17, 15) is 14.9 Å². The molecule has 2 saturated heterocycles. The van der Waals surface area contributed by atoms with Gasteiger partial charge in [-0.15, -0.1) is 0 Å². The van der Waals surface area contributed by atoms with Crippen molar-refractivity contribution >= 4 is 17.0 Å². The summed E-state index contributed by atoms with van der Waals surface area (Å²) >= 11 is 0. The van der Waals surface area contributed by atoms with Crippen molar-refractivity contribution in [2.45, 2.75) is 37.0 Å². The molecule has 3 aromatic rings. The van der Waals surface area contributed by atoms with Gasteiger partial charge >= 0.3 is 5.76 Å². The smallest absolute Gasteiger partial charge is 0.408 e. The first-order valence-electron chi connectivity index (χ1n) is 11.8. The third-order valence-electron chi connectivity index (χ3n) is 6.79. The highest BCUT2D eigenvalue weighted by Crippen LogP contribution is 2.27. The minimum Gasteiger partial charge on any atom is -0.408 e. The van der Waals surface area contributed by atoms with Crippen LogP contribution in [-0.4, -0.2) is 54.5 Å². The zero-order valence-electron chi connectivity index (χ0n) is 19.6. The van der Waals surface area contributed by atoms with E-state index in [1.165, 1.54) is 4.57 Å². The summed E-state index contributed by atoms with van der Waals surface area (Å²) in [6, 6.07) is 14.9. The third-order valence-corrected chi connectivity index (χ3v) is 6.79. The predicted octanol–water partition coefficient (Wildman–Crippen LogP) is 1.89. The van der Waals surface area contributed by atoms with Crippen LogP contribution >= 0.6 is 0 Å². The van der Waals surface area contributed by atoms with Gasteiger partial charge in [0.05, 0.1) is 18.2 Å². The Morgan fingerprint density at radius 3 is 2.83 bits per heavy atom. The molecule has 1 amide bonds. The van der Waals surface area contributed by atoms with E-state index < -0.39 is 17.9 Å². The van der Waals surface area contributed by atoms with E-state index in [0.717, 1.165) is 41.7 Å². The zero-order chi connectivity index (χ0) is 24.4. The van der Waals surface area contributed by atoms with E-state index in [-0.39, 0.29) is 11.5 Å². The van der Waals surface area contributed by atoms with Gasteiger partial charge in [-0.05, 0) is 41.7 Å². The van der Waals surface area contributed by atoms with Crippen molar-refractivity contribution < 1.29 is 18.7 Å². The molecule has 3 atom stereocenters. The minimum absolute atomic E-state index is 0.297. The van der Waals surface area contributed by atoms with E-state index in [0.29, 0.717) is 31.7 Å². The number of aryl methyl sites for hydroxylation is 1. The van der Waals surface area contributed by atoms with E-state index in [4.69, 9.17) is 13.9 Å². The monoisotopic (exact) mass is 476 g/mol. The highest BCUT2D eigenvalue weighted by atomic mass is 16.6. The van der Waals surface area contributed by atoms with E-state index in [1.807, 2.05) is 36.4 Å². The van der Waals surface area contributed by atoms with Crippen LogP contribution in [0.1, 0.15) is 18.4 Å². The molecule has 1 aromatic heterocycles. The summed E-state index contributed by atoms with van der Waals surface area (Å²) in [4.78, 5) is 24.5. The molecule has 5 rings (SSSR count). The molecule has 2 N–H and O–H groups in total. The van der Waals surface area contributed by atoms with Gasteiger partial charge in [0.2, 0.25) is 0 Å². The molecule has 0 aliphatic carbocycles. The number of benzene rings is 2. The number of hydrogen-bond acceptors (Lipinski definition) is 7. The SMILES string of the molecule is Cn1c(=O)oc2ccc(-c3ccc(CC(C#N)NC(=O)C4CNCC5(CCCO5)CO4)cc3)cc21. The molecule has 3 unspecified atom stereocenters. The fourth-order valence-electron chi connectivity index (χ4n) is 4.74. The summed E-state index contributed by atoms with van der Waals surface area (Å²) in [6.45, 7) is 2.13. The molecule has 0 bridgehead atoms. The van der Waals surface area contributed by atoms with Gasteiger partial charge < -0.3 is 24.5 Å². The van der Waals surface area contributed by atoms with Crippen LogP contribution in [0.25, 0.3) is 22.2 Å². The van der Waals surface area contributed by atoms with Crippen LogP contribution in [0.5, 0.6) is 0 Å². The Kier molecular flexibility index (Phi) is 6.43. The first-order chi connectivity index (χ1) is 17.0. The first-order valence-corrected chi connectivity index (χ1v) is 11.8. The average molecular weight is 477 g/mol. The van der Waals surface area contributed by atoms with Gasteiger partial charge in [0, 0.05) is 33.2 Å². The number of carbonyl (C=O) groups is 1. The lowest BCUT2D eigenvalue weighted by Crippen LogP contribution is -2.46. The van der Waals surface area contributed by atoms with Crippen LogP contribution in [0.2, 0.25) is 0 Å². The molecule has 9 nitrogen and oxygen atoms in total. The Morgan fingerprint density at radius 1 is 1.29 bits per heavy atom. The number of carbonyl (C=O) groups excluding carboxylic acids is 1. The van der Waals surface area contributed by atoms with Gasteiger partial charge in [-0.2, -0.15) is 5.26 Å². The van der Waals surface area contributed by atoms with Gasteiger partial charge in [0.15, 0.2) is 5.58 Å². The number of amides is 1. The Bertz CT molecular complexity index is 1310. The van der Waals surface area contributed by atoms with Crippen molar-refractivity contribution in [3.05, 3.63) is 58.6 Å². The van der Waals surface area contributed by atoms with Crippen molar-refractivity contribution in [1.29, 1.82) is 5.26 Å². The van der Waals surface area contributed by atoms with E-state index in [1.54, 1.807) is 13.1 Å². The quantitative estimate of drug-likeness (QED) is 0.577. The van der Waals surface area contributed by atoms with Crippen molar-refractivity contribution in [2.75, 3.05) is 26.3 Å². The summed E-state index contributed by atoms with van der Waals surface area (Å²) in [5.74, 6) is -0.691. The maximum absolute atomic E-state index is 12.8. The number of hydrogen-bond donors (Lipinski definition) is 2. The highest BCUT2D eigenvalue weighted by molar-refractivity contribution is 5.82. The van der Waals surface area contributed by atoms with Crippen LogP contribution in [-0.2, 0) is 27.7 Å². The fourth-order valence-corrected chi connectivity index (χ4v) is 4.74. The second-order valence-corrected chi connectivity index (χ2v) is 9.27. The van der Waals surface area contributed by atoms with Gasteiger partial charge in [-0.25, -0.2) is 4.79 Å². The minimum atomic E-state index is -0.673. The van der Waals surface area contributed by atoms with Crippen molar-refractivity contribution in [2.24, 2.45) is 7.05 Å². The van der Waals surface area contributed by atoms with E-state index >= 15 is 0 Å². The molecular formula is C26H28N4O5. The number of oxazole rings is 1. The standard InChI is InChI=1S/C26H28N4O5/c1-30-21-12-19(7-8-22(21)35-25(30)32)18-5-3-17(4-6-18)11-20(13-27)29-24(31)23-14-28-15-26(16-33-23)9-2-10-34-26/h3-8,12,20,23,28H,2,9-11,14-16H2,1H3,(H,29,31). The zero-order valence-corrected chi connectivity index (χ0v) is 19.6. The molecule has 2 aliphatic heterocycles. The first kappa shape index (κ1) is 23.3. The number of nitrogens with zero attached hydrogens (tertiary/aromatic N) is 2. The second kappa shape index (κ2) is 9.66. The Balaban J connectivity index is 1.21. The third kappa shape index (κ3) is 4.86. The van der Waals surface area contributed by atoms with Crippen LogP contribution in [0.3, 0.4) is 0 Å². The normalized spacial score (nSPS) is 23.1. The van der Waals surface area contributed by atoms with Gasteiger partial charge in [-0.1, -0.05) is 30.3 Å². The average Bonchev–Trinajstić information content (AvgIpc) is 3.37. The van der Waals surface area contributed by atoms with Crippen molar-refractivity contribution in [1.82, 2.24) is 15.2 Å². The Labute approximate surface area is 202 Å². The lowest BCUT2D eigenvalue weighted by atomic mass is 10.0. The number of nitrogens with one attached hydrogen (secondary N) is 2. The number of ether oxygens (including phenoxy) is 2. The number of aromatic nitrogens is 1. The molecule has 9 heteroatoms. The molecule has 182 valence electrons. The summed E-state index contributed by atoms with van der Waals surface area (Å²) in [7, 11) is 1.67. The molecule has 0 radical (unpaired) electrons. The molecule has 2 fully saturated rings. The van der Waals surface area contributed by atoms with Crippen LogP contribution in [0.15, 0.2) is 51.7 Å². The maximum atomic E-state index is 12.8. The summed E-state index contributed by atoms with van der Waals surface area (Å²) in [5.41, 5.74) is 3.78. The Hall–Kier alpha value is -3.45. The largest absolute Gasteiger partial charge is 0.419 e. The van der Waals surface area contributed by atoms with E-state index in [2.05, 4.69) is 16.7 Å². The van der Waals surface area contributed by atoms with Gasteiger partial charge in [0.25, 0.3) is 5.91 Å². The van der Waals surface area contributed by atoms with Crippen LogP contribution in [0.4, 0.5) is 0 Å². The van der Waals surface area contributed by atoms with Crippen LogP contribution < -0.4 is 16.4 Å². The molecule has 2 aliphatic rings. The Morgan fingerprint density at radius 2 is 2.09 bits per heavy atom. The van der Waals surface area contributed by atoms with Gasteiger partial charge in [-0.3, -0.25) is 9.36 Å². The number of fused-ring (bicyclic) bond motifs is 1. The van der Waals surface area contributed by atoms with Crippen molar-refractivity contribution in [3.8, 4) is 17.2 Å². The lowest BCUT2D eigenvalue weighted by Gasteiger charge is -2.25. The molecule has 2 aromatic carbocycles. The molecule has 35 heavy (non-hydrogen) atoms. The predicted molar refractivity (Wildman–Crippen MR) is 129 cm³/mol. The van der Waals surface area contributed by atoms with Crippen molar-refractivity contribution in [3.63, 3.8) is 0 Å². The second-order valence-electron chi connectivity index (χ2n) is 9.27. The van der Waals surface area contributed by atoms with Gasteiger partial charge in [0.1, 0.15) is 17.7 Å². The summed E-state index contributed by atoms with van der Waals surface area (Å²) < 4.78 is 18.4. The molecule has 3 heterocycles. The lowest BCUT2D eigenvalue weighted by molar-refractivity contribution is -0.136. The molecule has 0 saturated carbocycles. The van der Waals surface area contributed by atoms with Crippen LogP contribution in [0, 0.1) is 11.3 Å². The highest BCUT2D eigenvalue weighted by Gasteiger charge is 2.39. The molecule has 1 spiro atoms. The number of nitriles is 1. The summed E-state index contributed by atoms with van der Waals surface area (Å²) in [5, 5.41) is 15.7. The fraction of sp³-hybridized carbons (Fsp3) is 0.423. The maximum Gasteiger partial charge on any atom is 0.419 e. The number of rotatable bonds is 5. The topological polar surface area (TPSA) is 119 Å².